The van der Waals surface area contributed by atoms with Crippen molar-refractivity contribution >= 4 is 52.3 Å². The van der Waals surface area contributed by atoms with Crippen LogP contribution in [-0.4, -0.2) is 66.9 Å². The van der Waals surface area contributed by atoms with Gasteiger partial charge in [-0.05, 0) is 66.1 Å². The number of nitrogens with zero attached hydrogens (tertiary/aromatic N) is 2. The molecule has 1 aromatic heterocycles. The van der Waals surface area contributed by atoms with Crippen LogP contribution >= 0.6 is 34.5 Å². The quantitative estimate of drug-likeness (QED) is 0.335. The van der Waals surface area contributed by atoms with Crippen LogP contribution < -0.4 is 10.1 Å². The Bertz CT molecular complexity index is 1280. The first-order chi connectivity index (χ1) is 18.8. The van der Waals surface area contributed by atoms with Gasteiger partial charge in [-0.3, -0.25) is 14.4 Å². The Morgan fingerprint density at radius 1 is 1.05 bits per heavy atom. The monoisotopic (exact) mass is 587 g/mol. The predicted molar refractivity (Wildman–Crippen MR) is 155 cm³/mol. The van der Waals surface area contributed by atoms with Crippen molar-refractivity contribution in [1.29, 1.82) is 0 Å². The Hall–Kier alpha value is -3.07. The maximum atomic E-state index is 13.6. The number of nitrogens with one attached hydrogen (secondary N) is 1. The molecule has 0 saturated carbocycles. The number of carbonyl (C=O) groups excluding carboxylic acids is 3. The van der Waals surface area contributed by atoms with Crippen molar-refractivity contribution in [3.63, 3.8) is 0 Å². The molecule has 206 valence electrons. The van der Waals surface area contributed by atoms with Gasteiger partial charge in [0.15, 0.2) is 0 Å². The second-order valence-electron chi connectivity index (χ2n) is 9.33. The highest BCUT2D eigenvalue weighted by Crippen LogP contribution is 2.23. The van der Waals surface area contributed by atoms with Gasteiger partial charge in [0, 0.05) is 34.6 Å². The molecule has 1 fully saturated rings. The second kappa shape index (κ2) is 13.8. The molecular weight excluding hydrogens is 557 g/mol. The van der Waals surface area contributed by atoms with E-state index in [9.17, 15) is 14.4 Å². The maximum absolute atomic E-state index is 13.6. The van der Waals surface area contributed by atoms with Gasteiger partial charge < -0.3 is 19.9 Å². The van der Waals surface area contributed by atoms with Gasteiger partial charge in [-0.15, -0.1) is 11.3 Å². The van der Waals surface area contributed by atoms with E-state index < -0.39 is 6.04 Å². The average Bonchev–Trinajstić information content (AvgIpc) is 3.44. The Morgan fingerprint density at radius 3 is 2.54 bits per heavy atom. The predicted octanol–water partition coefficient (Wildman–Crippen LogP) is 4.64. The maximum Gasteiger partial charge on any atom is 0.246 e. The molecule has 1 saturated heterocycles. The van der Waals surface area contributed by atoms with Gasteiger partial charge in [-0.2, -0.15) is 0 Å². The van der Waals surface area contributed by atoms with Gasteiger partial charge >= 0.3 is 0 Å². The minimum Gasteiger partial charge on any atom is -0.497 e. The van der Waals surface area contributed by atoms with Crippen LogP contribution in [0.1, 0.15) is 22.4 Å². The minimum atomic E-state index is -0.854. The SMILES string of the molecule is COc1ccc(CCNC(=O)CC2C(=O)N(CCc3ccc(Cl)cc3Cl)CC(=O)N2CCc2cccs2)cc1. The molecule has 1 aliphatic heterocycles. The topological polar surface area (TPSA) is 79.0 Å². The lowest BCUT2D eigenvalue weighted by atomic mass is 10.0. The molecule has 0 bridgehead atoms. The zero-order valence-corrected chi connectivity index (χ0v) is 24.0. The van der Waals surface area contributed by atoms with E-state index >= 15 is 0 Å². The number of thiophene rings is 1. The molecule has 0 spiro atoms. The highest BCUT2D eigenvalue weighted by Gasteiger charge is 2.40. The van der Waals surface area contributed by atoms with Crippen molar-refractivity contribution in [2.75, 3.05) is 33.3 Å². The second-order valence-corrected chi connectivity index (χ2v) is 11.2. The lowest BCUT2D eigenvalue weighted by Crippen LogP contribution is -2.61. The van der Waals surface area contributed by atoms with Crippen molar-refractivity contribution in [3.8, 4) is 5.75 Å². The van der Waals surface area contributed by atoms with Crippen LogP contribution in [0.5, 0.6) is 5.75 Å². The number of methoxy groups -OCH3 is 1. The number of carbonyl (C=O) groups is 3. The largest absolute Gasteiger partial charge is 0.497 e. The fraction of sp³-hybridized carbons (Fsp3) is 0.345. The third-order valence-electron chi connectivity index (χ3n) is 6.74. The van der Waals surface area contributed by atoms with Crippen LogP contribution in [0.3, 0.4) is 0 Å². The fourth-order valence-electron chi connectivity index (χ4n) is 4.57. The van der Waals surface area contributed by atoms with Crippen molar-refractivity contribution < 1.29 is 19.1 Å². The van der Waals surface area contributed by atoms with Gasteiger partial charge in [-0.1, -0.05) is 47.5 Å². The summed E-state index contributed by atoms with van der Waals surface area (Å²) in [6, 6.07) is 16.0. The van der Waals surface area contributed by atoms with E-state index in [2.05, 4.69) is 5.32 Å². The van der Waals surface area contributed by atoms with Crippen molar-refractivity contribution in [3.05, 3.63) is 86.0 Å². The number of hydrogen-bond donors (Lipinski definition) is 1. The number of rotatable bonds is 12. The summed E-state index contributed by atoms with van der Waals surface area (Å²) < 4.78 is 5.18. The zero-order valence-electron chi connectivity index (χ0n) is 21.7. The number of amides is 3. The molecule has 4 rings (SSSR count). The Labute approximate surface area is 242 Å². The Kier molecular flexibility index (Phi) is 10.3. The van der Waals surface area contributed by atoms with Crippen molar-refractivity contribution in [2.45, 2.75) is 31.7 Å². The number of ether oxygens (including phenoxy) is 1. The van der Waals surface area contributed by atoms with Crippen LogP contribution in [0.2, 0.25) is 10.0 Å². The van der Waals surface area contributed by atoms with Gasteiger partial charge in [0.2, 0.25) is 17.7 Å². The highest BCUT2D eigenvalue weighted by atomic mass is 35.5. The molecular formula is C29H31Cl2N3O4S. The van der Waals surface area contributed by atoms with E-state index in [1.165, 1.54) is 4.90 Å². The Morgan fingerprint density at radius 2 is 1.85 bits per heavy atom. The molecule has 7 nitrogen and oxygen atoms in total. The molecule has 3 amide bonds. The fourth-order valence-corrected chi connectivity index (χ4v) is 5.77. The Balaban J connectivity index is 1.40. The molecule has 3 aromatic rings. The van der Waals surface area contributed by atoms with Crippen molar-refractivity contribution in [2.24, 2.45) is 0 Å². The minimum absolute atomic E-state index is 0.0237. The summed E-state index contributed by atoms with van der Waals surface area (Å²) in [5.41, 5.74) is 1.90. The molecule has 39 heavy (non-hydrogen) atoms. The number of halogens is 2. The molecule has 1 aliphatic rings. The first kappa shape index (κ1) is 28.9. The van der Waals surface area contributed by atoms with E-state index in [0.29, 0.717) is 48.9 Å². The molecule has 0 aliphatic carbocycles. The molecule has 2 aromatic carbocycles. The van der Waals surface area contributed by atoms with Gasteiger partial charge in [0.05, 0.1) is 20.1 Å². The summed E-state index contributed by atoms with van der Waals surface area (Å²) >= 11 is 13.9. The molecule has 1 N–H and O–H groups in total. The van der Waals surface area contributed by atoms with E-state index in [4.69, 9.17) is 27.9 Å². The lowest BCUT2D eigenvalue weighted by Gasteiger charge is -2.40. The molecule has 1 atom stereocenters. The first-order valence-electron chi connectivity index (χ1n) is 12.8. The molecule has 2 heterocycles. The lowest BCUT2D eigenvalue weighted by molar-refractivity contribution is -0.157. The van der Waals surface area contributed by atoms with Crippen LogP contribution in [-0.2, 0) is 33.6 Å². The van der Waals surface area contributed by atoms with E-state index in [1.54, 1.807) is 35.5 Å². The standard InChI is InChI=1S/C29H31Cl2N3O4S/c1-38-23-8-4-20(5-9-23)10-13-32-27(35)18-26-29(37)33(14-11-21-6-7-22(30)17-25(21)31)19-28(36)34(26)15-12-24-3-2-16-39-24/h2-9,16-17,26H,10-15,18-19H2,1H3,(H,32,35). The molecule has 10 heteroatoms. The molecule has 1 unspecified atom stereocenters. The smallest absolute Gasteiger partial charge is 0.246 e. The van der Waals surface area contributed by atoms with E-state index in [0.717, 1.165) is 21.8 Å². The van der Waals surface area contributed by atoms with Gasteiger partial charge in [0.1, 0.15) is 11.8 Å². The highest BCUT2D eigenvalue weighted by molar-refractivity contribution is 7.09. The summed E-state index contributed by atoms with van der Waals surface area (Å²) in [6.45, 7) is 1.10. The number of hydrogen-bond acceptors (Lipinski definition) is 5. The summed E-state index contributed by atoms with van der Waals surface area (Å²) in [5, 5.41) is 5.95. The van der Waals surface area contributed by atoms with Crippen LogP contribution in [0.15, 0.2) is 60.0 Å². The van der Waals surface area contributed by atoms with Gasteiger partial charge in [0.25, 0.3) is 0 Å². The average molecular weight is 589 g/mol. The van der Waals surface area contributed by atoms with Gasteiger partial charge in [-0.25, -0.2) is 0 Å². The summed E-state index contributed by atoms with van der Waals surface area (Å²) in [5.74, 6) is 0.118. The van der Waals surface area contributed by atoms with E-state index in [1.807, 2.05) is 47.8 Å². The normalized spacial score (nSPS) is 15.5. The first-order valence-corrected chi connectivity index (χ1v) is 14.4. The van der Waals surface area contributed by atoms with Crippen molar-refractivity contribution in [1.82, 2.24) is 15.1 Å². The third kappa shape index (κ3) is 7.97. The summed E-state index contributed by atoms with van der Waals surface area (Å²) in [7, 11) is 1.62. The summed E-state index contributed by atoms with van der Waals surface area (Å²) in [6.07, 6.45) is 1.66. The number of piperazine rings is 1. The third-order valence-corrected chi connectivity index (χ3v) is 8.26. The molecule has 0 radical (unpaired) electrons. The number of benzene rings is 2. The van der Waals surface area contributed by atoms with E-state index in [-0.39, 0.29) is 30.7 Å². The van der Waals surface area contributed by atoms with Crippen LogP contribution in [0.25, 0.3) is 0 Å². The zero-order chi connectivity index (χ0) is 27.8. The van der Waals surface area contributed by atoms with Crippen LogP contribution in [0.4, 0.5) is 0 Å². The van der Waals surface area contributed by atoms with Crippen LogP contribution in [0, 0.1) is 0 Å². The summed E-state index contributed by atoms with van der Waals surface area (Å²) in [4.78, 5) is 44.0.